The van der Waals surface area contributed by atoms with Crippen molar-refractivity contribution in [1.82, 2.24) is 9.97 Å². The monoisotopic (exact) mass is 215 g/mol. The standard InChI is InChI=1S/C13H17N3/c1-9-3-10(2)5-11(4-9)6-13-15-8-12(7-14)16-13/h3-5,8H,6-7,14H2,1-2H3,(H,15,16). The van der Waals surface area contributed by atoms with Crippen LogP contribution in [-0.2, 0) is 13.0 Å². The topological polar surface area (TPSA) is 54.7 Å². The van der Waals surface area contributed by atoms with Crippen LogP contribution in [-0.4, -0.2) is 9.97 Å². The first-order chi connectivity index (χ1) is 7.67. The highest BCUT2D eigenvalue weighted by Gasteiger charge is 2.02. The number of benzene rings is 1. The molecule has 1 aromatic heterocycles. The van der Waals surface area contributed by atoms with Gasteiger partial charge < -0.3 is 10.7 Å². The fourth-order valence-electron chi connectivity index (χ4n) is 1.96. The lowest BCUT2D eigenvalue weighted by atomic mass is 10.1. The second kappa shape index (κ2) is 4.49. The van der Waals surface area contributed by atoms with Gasteiger partial charge in [-0.1, -0.05) is 29.3 Å². The molecule has 3 heteroatoms. The molecule has 0 saturated carbocycles. The van der Waals surface area contributed by atoms with E-state index < -0.39 is 0 Å². The van der Waals surface area contributed by atoms with Crippen LogP contribution in [0.25, 0.3) is 0 Å². The number of H-pyrrole nitrogens is 1. The Kier molecular flexibility index (Phi) is 3.06. The number of nitrogens with two attached hydrogens (primary N) is 1. The summed E-state index contributed by atoms with van der Waals surface area (Å²) in [4.78, 5) is 7.52. The molecule has 0 spiro atoms. The average Bonchev–Trinajstić information content (AvgIpc) is 2.64. The molecule has 16 heavy (non-hydrogen) atoms. The van der Waals surface area contributed by atoms with E-state index >= 15 is 0 Å². The summed E-state index contributed by atoms with van der Waals surface area (Å²) in [6, 6.07) is 6.56. The van der Waals surface area contributed by atoms with Crippen molar-refractivity contribution in [2.24, 2.45) is 5.73 Å². The number of rotatable bonds is 3. The molecule has 2 rings (SSSR count). The van der Waals surface area contributed by atoms with E-state index in [0.29, 0.717) is 6.54 Å². The van der Waals surface area contributed by atoms with Gasteiger partial charge in [-0.15, -0.1) is 0 Å². The van der Waals surface area contributed by atoms with Gasteiger partial charge in [0.25, 0.3) is 0 Å². The Labute approximate surface area is 95.7 Å². The number of hydrogen-bond donors (Lipinski definition) is 2. The number of aromatic nitrogens is 2. The molecular weight excluding hydrogens is 198 g/mol. The van der Waals surface area contributed by atoms with Gasteiger partial charge >= 0.3 is 0 Å². The SMILES string of the molecule is Cc1cc(C)cc(Cc2ncc(CN)[nH]2)c1. The van der Waals surface area contributed by atoms with Crippen molar-refractivity contribution in [1.29, 1.82) is 0 Å². The van der Waals surface area contributed by atoms with E-state index in [1.54, 1.807) is 6.20 Å². The van der Waals surface area contributed by atoms with Crippen LogP contribution < -0.4 is 5.73 Å². The first-order valence-corrected chi connectivity index (χ1v) is 5.47. The summed E-state index contributed by atoms with van der Waals surface area (Å²) < 4.78 is 0. The van der Waals surface area contributed by atoms with Crippen molar-refractivity contribution < 1.29 is 0 Å². The zero-order valence-electron chi connectivity index (χ0n) is 9.75. The minimum Gasteiger partial charge on any atom is -0.345 e. The first-order valence-electron chi connectivity index (χ1n) is 5.47. The van der Waals surface area contributed by atoms with E-state index in [2.05, 4.69) is 42.0 Å². The third-order valence-electron chi connectivity index (χ3n) is 2.55. The molecule has 0 aliphatic heterocycles. The zero-order chi connectivity index (χ0) is 11.5. The van der Waals surface area contributed by atoms with Crippen molar-refractivity contribution in [2.75, 3.05) is 0 Å². The maximum atomic E-state index is 5.53. The smallest absolute Gasteiger partial charge is 0.110 e. The largest absolute Gasteiger partial charge is 0.345 e. The van der Waals surface area contributed by atoms with E-state index in [-0.39, 0.29) is 0 Å². The molecule has 0 aliphatic rings. The molecule has 0 unspecified atom stereocenters. The van der Waals surface area contributed by atoms with Crippen LogP contribution in [0.1, 0.15) is 28.2 Å². The molecule has 0 fully saturated rings. The lowest BCUT2D eigenvalue weighted by Crippen LogP contribution is -1.97. The molecule has 0 aliphatic carbocycles. The zero-order valence-corrected chi connectivity index (χ0v) is 9.75. The summed E-state index contributed by atoms with van der Waals surface area (Å²) >= 11 is 0. The van der Waals surface area contributed by atoms with Crippen molar-refractivity contribution >= 4 is 0 Å². The second-order valence-electron chi connectivity index (χ2n) is 4.23. The maximum absolute atomic E-state index is 5.53. The van der Waals surface area contributed by atoms with Gasteiger partial charge in [0.15, 0.2) is 0 Å². The van der Waals surface area contributed by atoms with Gasteiger partial charge in [-0.2, -0.15) is 0 Å². The third-order valence-corrected chi connectivity index (χ3v) is 2.55. The van der Waals surface area contributed by atoms with Crippen LogP contribution in [0.15, 0.2) is 24.4 Å². The van der Waals surface area contributed by atoms with Crippen molar-refractivity contribution in [3.8, 4) is 0 Å². The number of nitrogens with zero attached hydrogens (tertiary/aromatic N) is 1. The maximum Gasteiger partial charge on any atom is 0.110 e. The Morgan fingerprint density at radius 2 is 1.88 bits per heavy atom. The van der Waals surface area contributed by atoms with Crippen LogP contribution >= 0.6 is 0 Å². The molecular formula is C13H17N3. The van der Waals surface area contributed by atoms with E-state index in [4.69, 9.17) is 5.73 Å². The molecule has 0 amide bonds. The summed E-state index contributed by atoms with van der Waals surface area (Å²) in [6.07, 6.45) is 2.64. The number of imidazole rings is 1. The highest BCUT2D eigenvalue weighted by atomic mass is 14.9. The number of nitrogens with one attached hydrogen (secondary N) is 1. The van der Waals surface area contributed by atoms with Gasteiger partial charge in [0.05, 0.1) is 0 Å². The van der Waals surface area contributed by atoms with Crippen LogP contribution in [0.3, 0.4) is 0 Å². The predicted molar refractivity (Wildman–Crippen MR) is 65.2 cm³/mol. The van der Waals surface area contributed by atoms with E-state index in [1.165, 1.54) is 16.7 Å². The minimum atomic E-state index is 0.514. The van der Waals surface area contributed by atoms with Crippen molar-refractivity contribution in [3.05, 3.63) is 52.6 Å². The van der Waals surface area contributed by atoms with Gasteiger partial charge in [-0.3, -0.25) is 0 Å². The minimum absolute atomic E-state index is 0.514. The first kappa shape index (κ1) is 10.9. The molecule has 0 bridgehead atoms. The quantitative estimate of drug-likeness (QED) is 0.823. The number of aromatic amines is 1. The fourth-order valence-corrected chi connectivity index (χ4v) is 1.96. The lowest BCUT2D eigenvalue weighted by molar-refractivity contribution is 0.966. The molecule has 1 aromatic carbocycles. The second-order valence-corrected chi connectivity index (χ2v) is 4.23. The third kappa shape index (κ3) is 2.49. The van der Waals surface area contributed by atoms with E-state index in [0.717, 1.165) is 17.9 Å². The van der Waals surface area contributed by atoms with Crippen LogP contribution in [0.2, 0.25) is 0 Å². The summed E-state index contributed by atoms with van der Waals surface area (Å²) in [7, 11) is 0. The molecule has 2 aromatic rings. The lowest BCUT2D eigenvalue weighted by Gasteiger charge is -2.03. The normalized spacial score (nSPS) is 10.7. The Morgan fingerprint density at radius 1 is 1.19 bits per heavy atom. The van der Waals surface area contributed by atoms with Gasteiger partial charge in [-0.05, 0) is 19.4 Å². The van der Waals surface area contributed by atoms with Crippen molar-refractivity contribution in [2.45, 2.75) is 26.8 Å². The van der Waals surface area contributed by atoms with Gasteiger partial charge in [0.2, 0.25) is 0 Å². The van der Waals surface area contributed by atoms with E-state index in [1.807, 2.05) is 0 Å². The molecule has 0 atom stereocenters. The van der Waals surface area contributed by atoms with Crippen LogP contribution in [0, 0.1) is 13.8 Å². The predicted octanol–water partition coefficient (Wildman–Crippen LogP) is 2.08. The van der Waals surface area contributed by atoms with Gasteiger partial charge in [0, 0.05) is 24.9 Å². The Balaban J connectivity index is 2.19. The molecule has 3 N–H and O–H groups in total. The molecule has 84 valence electrons. The summed E-state index contributed by atoms with van der Waals surface area (Å²) in [6.45, 7) is 4.74. The van der Waals surface area contributed by atoms with Crippen molar-refractivity contribution in [3.63, 3.8) is 0 Å². The number of aryl methyl sites for hydroxylation is 2. The Morgan fingerprint density at radius 3 is 2.44 bits per heavy atom. The summed E-state index contributed by atoms with van der Waals surface area (Å²) in [5.41, 5.74) is 10.4. The Hall–Kier alpha value is -1.61. The number of hydrogen-bond acceptors (Lipinski definition) is 2. The highest BCUT2D eigenvalue weighted by Crippen LogP contribution is 2.12. The summed E-state index contributed by atoms with van der Waals surface area (Å²) in [5, 5.41) is 0. The molecule has 0 radical (unpaired) electrons. The Bertz CT molecular complexity index is 465. The van der Waals surface area contributed by atoms with Crippen LogP contribution in [0.4, 0.5) is 0 Å². The molecule has 1 heterocycles. The highest BCUT2D eigenvalue weighted by molar-refractivity contribution is 5.30. The molecule has 0 saturated heterocycles. The fraction of sp³-hybridized carbons (Fsp3) is 0.308. The molecule has 3 nitrogen and oxygen atoms in total. The summed E-state index contributed by atoms with van der Waals surface area (Å²) in [5.74, 6) is 0.977. The van der Waals surface area contributed by atoms with E-state index in [9.17, 15) is 0 Å². The van der Waals surface area contributed by atoms with Gasteiger partial charge in [0.1, 0.15) is 5.82 Å². The van der Waals surface area contributed by atoms with Gasteiger partial charge in [-0.25, -0.2) is 4.98 Å². The average molecular weight is 215 g/mol. The van der Waals surface area contributed by atoms with Crippen LogP contribution in [0.5, 0.6) is 0 Å².